The van der Waals surface area contributed by atoms with Crippen molar-refractivity contribution >= 4 is 33.0 Å². The van der Waals surface area contributed by atoms with Gasteiger partial charge in [0.2, 0.25) is 0 Å². The minimum atomic E-state index is -0.137. The van der Waals surface area contributed by atoms with Crippen LogP contribution < -0.4 is 0 Å². The van der Waals surface area contributed by atoms with Crippen molar-refractivity contribution in [3.8, 4) is 11.1 Å². The quantitative estimate of drug-likeness (QED) is 0.457. The molecule has 26 heavy (non-hydrogen) atoms. The number of halogens is 1. The zero-order chi connectivity index (χ0) is 18.7. The molecule has 0 N–H and O–H groups in total. The fourth-order valence-corrected chi connectivity index (χ4v) is 4.57. The predicted molar refractivity (Wildman–Crippen MR) is 113 cm³/mol. The van der Waals surface area contributed by atoms with E-state index >= 15 is 0 Å². The molecule has 0 bridgehead atoms. The maximum absolute atomic E-state index is 12.6. The molecule has 4 heteroatoms. The van der Waals surface area contributed by atoms with Crippen molar-refractivity contribution in [3.63, 3.8) is 0 Å². The van der Waals surface area contributed by atoms with Crippen LogP contribution in [-0.4, -0.2) is 10.8 Å². The Bertz CT molecular complexity index is 912. The number of carbonyl (C=O) groups excluding carboxylic acids is 1. The van der Waals surface area contributed by atoms with E-state index in [1.165, 1.54) is 4.88 Å². The van der Waals surface area contributed by atoms with Gasteiger partial charge in [0.1, 0.15) is 5.78 Å². The van der Waals surface area contributed by atoms with E-state index in [2.05, 4.69) is 71.2 Å². The predicted octanol–water partition coefficient (Wildman–Crippen LogP) is 6.36. The van der Waals surface area contributed by atoms with E-state index in [4.69, 9.17) is 0 Å². The molecule has 3 aromatic rings. The maximum Gasteiger partial charge on any atom is 0.138 e. The fourth-order valence-electron chi connectivity index (χ4n) is 3.09. The highest BCUT2D eigenvalue weighted by molar-refractivity contribution is 9.11. The zero-order valence-electron chi connectivity index (χ0n) is 15.3. The molecule has 0 saturated carbocycles. The number of hydrogen-bond donors (Lipinski definition) is 0. The molecule has 0 aliphatic heterocycles. The summed E-state index contributed by atoms with van der Waals surface area (Å²) in [6.07, 6.45) is 2.85. The lowest BCUT2D eigenvalue weighted by Gasteiger charge is -2.22. The number of hydrogen-bond acceptors (Lipinski definition) is 3. The summed E-state index contributed by atoms with van der Waals surface area (Å²) in [6.45, 7) is 6.26. The van der Waals surface area contributed by atoms with Gasteiger partial charge in [-0.2, -0.15) is 0 Å². The van der Waals surface area contributed by atoms with Crippen molar-refractivity contribution < 1.29 is 4.79 Å². The Hall–Kier alpha value is -1.78. The Kier molecular flexibility index (Phi) is 5.73. The minimum Gasteiger partial charge on any atom is -0.299 e. The number of Topliss-reactive ketones (excluding diaryl/α,β-unsaturated/α-hetero) is 1. The smallest absolute Gasteiger partial charge is 0.138 e. The van der Waals surface area contributed by atoms with Gasteiger partial charge in [0.15, 0.2) is 0 Å². The van der Waals surface area contributed by atoms with Crippen molar-refractivity contribution in [2.24, 2.45) is 0 Å². The number of ketones is 1. The first-order valence-electron chi connectivity index (χ1n) is 8.63. The SMILES string of the molecule is Cc1cc(-c2ccc(CC(=O)CC(C)(C)c3ccc(Br)s3)cc2)ccn1. The van der Waals surface area contributed by atoms with E-state index < -0.39 is 0 Å². The highest BCUT2D eigenvalue weighted by Crippen LogP contribution is 2.35. The van der Waals surface area contributed by atoms with Crippen LogP contribution in [0, 0.1) is 6.92 Å². The van der Waals surface area contributed by atoms with Crippen LogP contribution in [0.3, 0.4) is 0 Å². The summed E-state index contributed by atoms with van der Waals surface area (Å²) >= 11 is 5.21. The molecule has 2 nitrogen and oxygen atoms in total. The average Bonchev–Trinajstić information content (AvgIpc) is 3.02. The monoisotopic (exact) mass is 427 g/mol. The van der Waals surface area contributed by atoms with Crippen LogP contribution in [0.15, 0.2) is 58.5 Å². The molecule has 0 aliphatic rings. The molecule has 1 aromatic carbocycles. The normalized spacial score (nSPS) is 11.5. The molecule has 0 unspecified atom stereocenters. The number of pyridine rings is 1. The van der Waals surface area contributed by atoms with Crippen LogP contribution in [0.4, 0.5) is 0 Å². The van der Waals surface area contributed by atoms with Crippen molar-refractivity contribution in [2.75, 3.05) is 0 Å². The summed E-state index contributed by atoms with van der Waals surface area (Å²) < 4.78 is 1.11. The van der Waals surface area contributed by atoms with Gasteiger partial charge in [-0.05, 0) is 63.8 Å². The summed E-state index contributed by atoms with van der Waals surface area (Å²) in [5.74, 6) is 0.270. The van der Waals surface area contributed by atoms with Crippen LogP contribution in [0.25, 0.3) is 11.1 Å². The first-order valence-corrected chi connectivity index (χ1v) is 10.2. The lowest BCUT2D eigenvalue weighted by molar-refractivity contribution is -0.119. The van der Waals surface area contributed by atoms with Gasteiger partial charge < -0.3 is 0 Å². The number of benzene rings is 1. The summed E-state index contributed by atoms with van der Waals surface area (Å²) in [7, 11) is 0. The lowest BCUT2D eigenvalue weighted by atomic mass is 9.84. The fraction of sp³-hybridized carbons (Fsp3) is 0.273. The number of thiophene rings is 1. The highest BCUT2D eigenvalue weighted by Gasteiger charge is 2.25. The third-order valence-corrected chi connectivity index (χ3v) is 6.45. The molecule has 0 atom stereocenters. The number of nitrogens with zero attached hydrogens (tertiary/aromatic N) is 1. The number of rotatable bonds is 6. The summed E-state index contributed by atoms with van der Waals surface area (Å²) in [5, 5.41) is 0. The van der Waals surface area contributed by atoms with Crippen LogP contribution in [-0.2, 0) is 16.6 Å². The Balaban J connectivity index is 1.66. The first kappa shape index (κ1) is 19.0. The lowest BCUT2D eigenvalue weighted by Crippen LogP contribution is -2.21. The van der Waals surface area contributed by atoms with E-state index in [9.17, 15) is 4.79 Å². The largest absolute Gasteiger partial charge is 0.299 e. The van der Waals surface area contributed by atoms with Crippen molar-refractivity contribution in [1.82, 2.24) is 4.98 Å². The van der Waals surface area contributed by atoms with E-state index in [0.29, 0.717) is 12.8 Å². The Morgan fingerprint density at radius 1 is 1.08 bits per heavy atom. The first-order chi connectivity index (χ1) is 12.3. The van der Waals surface area contributed by atoms with Crippen molar-refractivity contribution in [1.29, 1.82) is 0 Å². The molecule has 2 aromatic heterocycles. The highest BCUT2D eigenvalue weighted by atomic mass is 79.9. The van der Waals surface area contributed by atoms with Gasteiger partial charge in [0, 0.05) is 35.0 Å². The molecule has 0 aliphatic carbocycles. The van der Waals surface area contributed by atoms with Crippen LogP contribution in [0.2, 0.25) is 0 Å². The van der Waals surface area contributed by atoms with E-state index in [-0.39, 0.29) is 11.2 Å². The van der Waals surface area contributed by atoms with Crippen molar-refractivity contribution in [2.45, 2.75) is 39.0 Å². The molecule has 0 amide bonds. The van der Waals surface area contributed by atoms with Crippen LogP contribution >= 0.6 is 27.3 Å². The Morgan fingerprint density at radius 3 is 2.42 bits per heavy atom. The van der Waals surface area contributed by atoms with Gasteiger partial charge in [-0.1, -0.05) is 38.1 Å². The molecular weight excluding hydrogens is 406 g/mol. The van der Waals surface area contributed by atoms with Gasteiger partial charge >= 0.3 is 0 Å². The minimum absolute atomic E-state index is 0.137. The molecule has 0 saturated heterocycles. The van der Waals surface area contributed by atoms with Gasteiger partial charge in [-0.3, -0.25) is 9.78 Å². The van der Waals surface area contributed by atoms with Gasteiger partial charge in [-0.15, -0.1) is 11.3 Å². The third-order valence-electron chi connectivity index (χ3n) is 4.46. The molecule has 0 radical (unpaired) electrons. The number of aryl methyl sites for hydroxylation is 1. The molecule has 3 rings (SSSR count). The third kappa shape index (κ3) is 4.68. The second kappa shape index (κ2) is 7.85. The standard InChI is InChI=1S/C22H22BrNOS/c1-15-12-18(10-11-24-15)17-6-4-16(5-7-17)13-19(25)14-22(2,3)20-8-9-21(23)26-20/h4-12H,13-14H2,1-3H3. The van der Waals surface area contributed by atoms with Gasteiger partial charge in [0.25, 0.3) is 0 Å². The van der Waals surface area contributed by atoms with E-state index in [0.717, 1.165) is 26.2 Å². The topological polar surface area (TPSA) is 30.0 Å². The van der Waals surface area contributed by atoms with E-state index in [1.54, 1.807) is 11.3 Å². The average molecular weight is 428 g/mol. The Labute approximate surface area is 167 Å². The van der Waals surface area contributed by atoms with Crippen molar-refractivity contribution in [3.05, 3.63) is 74.6 Å². The molecule has 2 heterocycles. The molecule has 134 valence electrons. The summed E-state index contributed by atoms with van der Waals surface area (Å²) in [4.78, 5) is 18.1. The maximum atomic E-state index is 12.6. The molecule has 0 fully saturated rings. The molecular formula is C22H22BrNOS. The number of carbonyl (C=O) groups is 1. The second-order valence-corrected chi connectivity index (χ2v) is 9.73. The number of aromatic nitrogens is 1. The van der Waals surface area contributed by atoms with Crippen LogP contribution in [0.1, 0.15) is 36.4 Å². The van der Waals surface area contributed by atoms with Gasteiger partial charge in [0.05, 0.1) is 3.79 Å². The Morgan fingerprint density at radius 2 is 1.81 bits per heavy atom. The van der Waals surface area contributed by atoms with Crippen LogP contribution in [0.5, 0.6) is 0 Å². The van der Waals surface area contributed by atoms with Gasteiger partial charge in [-0.25, -0.2) is 0 Å². The summed E-state index contributed by atoms with van der Waals surface area (Å²) in [5.41, 5.74) is 4.23. The second-order valence-electron chi connectivity index (χ2n) is 7.26. The summed E-state index contributed by atoms with van der Waals surface area (Å²) in [6, 6.07) is 16.5. The molecule has 0 spiro atoms. The van der Waals surface area contributed by atoms with E-state index in [1.807, 2.05) is 25.3 Å². The zero-order valence-corrected chi connectivity index (χ0v) is 17.7.